The second kappa shape index (κ2) is 9.90. The third-order valence-electron chi connectivity index (χ3n) is 5.68. The summed E-state index contributed by atoms with van der Waals surface area (Å²) in [6.45, 7) is 4.27. The summed E-state index contributed by atoms with van der Waals surface area (Å²) in [5, 5.41) is 18.9. The first-order chi connectivity index (χ1) is 16.5. The maximum Gasteiger partial charge on any atom is 0.131 e. The minimum Gasteiger partial charge on any atom is -0.489 e. The Morgan fingerprint density at radius 2 is 1.68 bits per heavy atom. The Morgan fingerprint density at radius 3 is 2.38 bits per heavy atom. The molecule has 0 aliphatic rings. The van der Waals surface area contributed by atoms with Crippen LogP contribution in [0.1, 0.15) is 33.6 Å². The topological polar surface area (TPSA) is 61.7 Å². The van der Waals surface area contributed by atoms with Gasteiger partial charge in [0.25, 0.3) is 0 Å². The van der Waals surface area contributed by atoms with Crippen molar-refractivity contribution in [1.82, 2.24) is 4.57 Å². The molecule has 5 heteroatoms. The van der Waals surface area contributed by atoms with Gasteiger partial charge in [-0.05, 0) is 68.0 Å². The van der Waals surface area contributed by atoms with Crippen LogP contribution in [0.5, 0.6) is 5.75 Å². The summed E-state index contributed by atoms with van der Waals surface area (Å²) in [5.74, 6) is 0.280. The molecule has 0 aliphatic carbocycles. The smallest absolute Gasteiger partial charge is 0.131 e. The standard InChI is InChI=1S/C29H22FN3O/c1-20-15-24(16-25(18-32)28-9-5-6-10-29(28)30)21(2)33(20)26-11-13-27(14-12-26)34-19-23-8-4-3-7-22(23)17-31/h3-16H,19H2,1-2H3/b25-16-. The van der Waals surface area contributed by atoms with Crippen LogP contribution in [0, 0.1) is 42.3 Å². The molecule has 0 N–H and O–H groups in total. The van der Waals surface area contributed by atoms with Crippen molar-refractivity contribution in [2.45, 2.75) is 20.5 Å². The zero-order chi connectivity index (χ0) is 24.1. The second-order valence-corrected chi connectivity index (χ2v) is 7.86. The van der Waals surface area contributed by atoms with Crippen LogP contribution >= 0.6 is 0 Å². The second-order valence-electron chi connectivity index (χ2n) is 7.86. The Balaban J connectivity index is 1.58. The molecule has 1 heterocycles. The van der Waals surface area contributed by atoms with E-state index in [0.29, 0.717) is 17.9 Å². The predicted molar refractivity (Wildman–Crippen MR) is 131 cm³/mol. The predicted octanol–water partition coefficient (Wildman–Crippen LogP) is 6.75. The number of hydrogen-bond donors (Lipinski definition) is 0. The van der Waals surface area contributed by atoms with Gasteiger partial charge in [0.1, 0.15) is 18.2 Å². The lowest BCUT2D eigenvalue weighted by atomic mass is 10.0. The molecule has 0 radical (unpaired) electrons. The highest BCUT2D eigenvalue weighted by Crippen LogP contribution is 2.27. The minimum absolute atomic E-state index is 0.278. The molecule has 4 rings (SSSR count). The number of nitrogens with zero attached hydrogens (tertiary/aromatic N) is 3. The van der Waals surface area contributed by atoms with Gasteiger partial charge >= 0.3 is 0 Å². The highest BCUT2D eigenvalue weighted by molar-refractivity contribution is 5.90. The third-order valence-corrected chi connectivity index (χ3v) is 5.68. The van der Waals surface area contributed by atoms with Crippen LogP contribution in [0.4, 0.5) is 4.39 Å². The van der Waals surface area contributed by atoms with E-state index in [9.17, 15) is 14.9 Å². The molecule has 3 aromatic carbocycles. The maximum absolute atomic E-state index is 14.2. The zero-order valence-corrected chi connectivity index (χ0v) is 18.9. The largest absolute Gasteiger partial charge is 0.489 e. The van der Waals surface area contributed by atoms with Gasteiger partial charge in [-0.3, -0.25) is 0 Å². The summed E-state index contributed by atoms with van der Waals surface area (Å²) in [7, 11) is 0. The summed E-state index contributed by atoms with van der Waals surface area (Å²) in [5.41, 5.74) is 5.74. The van der Waals surface area contributed by atoms with E-state index in [1.54, 1.807) is 30.3 Å². The summed E-state index contributed by atoms with van der Waals surface area (Å²) in [6, 6.07) is 27.6. The van der Waals surface area contributed by atoms with Crippen molar-refractivity contribution in [3.63, 3.8) is 0 Å². The number of allylic oxidation sites excluding steroid dienone is 1. The molecular formula is C29H22FN3O. The number of aryl methyl sites for hydroxylation is 1. The molecule has 0 fully saturated rings. The summed E-state index contributed by atoms with van der Waals surface area (Å²) >= 11 is 0. The van der Waals surface area contributed by atoms with Gasteiger partial charge in [0.15, 0.2) is 0 Å². The molecule has 0 aliphatic heterocycles. The Labute approximate surface area is 198 Å². The Kier molecular flexibility index (Phi) is 6.57. The van der Waals surface area contributed by atoms with E-state index < -0.39 is 5.82 Å². The lowest BCUT2D eigenvalue weighted by Crippen LogP contribution is -2.01. The van der Waals surface area contributed by atoms with Gasteiger partial charge in [0, 0.05) is 28.2 Å². The van der Waals surface area contributed by atoms with Crippen LogP contribution in [0.2, 0.25) is 0 Å². The van der Waals surface area contributed by atoms with Gasteiger partial charge in [-0.1, -0.05) is 36.4 Å². The fourth-order valence-electron chi connectivity index (χ4n) is 3.94. The third kappa shape index (κ3) is 4.60. The first-order valence-electron chi connectivity index (χ1n) is 10.8. The van der Waals surface area contributed by atoms with E-state index in [2.05, 4.69) is 16.7 Å². The molecule has 0 saturated carbocycles. The van der Waals surface area contributed by atoms with Crippen molar-refractivity contribution in [1.29, 1.82) is 10.5 Å². The van der Waals surface area contributed by atoms with E-state index in [0.717, 1.165) is 28.2 Å². The molecule has 1 aromatic heterocycles. The number of benzene rings is 3. The molecule has 4 aromatic rings. The number of halogens is 1. The lowest BCUT2D eigenvalue weighted by molar-refractivity contribution is 0.306. The van der Waals surface area contributed by atoms with E-state index >= 15 is 0 Å². The van der Waals surface area contributed by atoms with Gasteiger partial charge in [-0.15, -0.1) is 0 Å². The molecule has 0 spiro atoms. The van der Waals surface area contributed by atoms with Crippen molar-refractivity contribution in [2.24, 2.45) is 0 Å². The van der Waals surface area contributed by atoms with Gasteiger partial charge < -0.3 is 9.30 Å². The van der Waals surface area contributed by atoms with E-state index in [1.807, 2.05) is 62.4 Å². The van der Waals surface area contributed by atoms with Gasteiger partial charge in [0.2, 0.25) is 0 Å². The van der Waals surface area contributed by atoms with Crippen LogP contribution in [0.3, 0.4) is 0 Å². The molecule has 0 atom stereocenters. The molecule has 0 unspecified atom stereocenters. The summed E-state index contributed by atoms with van der Waals surface area (Å²) in [6.07, 6.45) is 1.72. The van der Waals surface area contributed by atoms with Crippen molar-refractivity contribution in [3.05, 3.63) is 118 Å². The van der Waals surface area contributed by atoms with E-state index in [1.165, 1.54) is 6.07 Å². The fourth-order valence-corrected chi connectivity index (χ4v) is 3.94. The first-order valence-corrected chi connectivity index (χ1v) is 10.8. The molecule has 4 nitrogen and oxygen atoms in total. The average molecular weight is 448 g/mol. The molecule has 0 bridgehead atoms. The highest BCUT2D eigenvalue weighted by atomic mass is 19.1. The van der Waals surface area contributed by atoms with Crippen LogP contribution in [0.15, 0.2) is 78.9 Å². The Hall–Kier alpha value is -4.61. The molecule has 0 amide bonds. The van der Waals surface area contributed by atoms with Gasteiger partial charge in [-0.2, -0.15) is 10.5 Å². The fraction of sp³-hybridized carbons (Fsp3) is 0.103. The SMILES string of the molecule is Cc1cc(/C=C(/C#N)c2ccccc2F)c(C)n1-c1ccc(OCc2ccccc2C#N)cc1. The van der Waals surface area contributed by atoms with Crippen LogP contribution in [-0.2, 0) is 6.61 Å². The Morgan fingerprint density at radius 1 is 0.971 bits per heavy atom. The maximum atomic E-state index is 14.2. The normalized spacial score (nSPS) is 11.0. The van der Waals surface area contributed by atoms with E-state index in [-0.39, 0.29) is 11.1 Å². The zero-order valence-electron chi connectivity index (χ0n) is 18.9. The quantitative estimate of drug-likeness (QED) is 0.307. The summed E-state index contributed by atoms with van der Waals surface area (Å²) < 4.78 is 22.2. The molecule has 0 saturated heterocycles. The van der Waals surface area contributed by atoms with Crippen LogP contribution in [-0.4, -0.2) is 4.57 Å². The van der Waals surface area contributed by atoms with Gasteiger partial charge in [-0.25, -0.2) is 4.39 Å². The number of rotatable bonds is 6. The van der Waals surface area contributed by atoms with Crippen molar-refractivity contribution < 1.29 is 9.13 Å². The van der Waals surface area contributed by atoms with Gasteiger partial charge in [0.05, 0.1) is 23.3 Å². The lowest BCUT2D eigenvalue weighted by Gasteiger charge is -2.12. The number of hydrogen-bond acceptors (Lipinski definition) is 3. The number of aromatic nitrogens is 1. The summed E-state index contributed by atoms with van der Waals surface area (Å²) in [4.78, 5) is 0. The number of nitriles is 2. The molecular weight excluding hydrogens is 425 g/mol. The first kappa shape index (κ1) is 22.6. The highest BCUT2D eigenvalue weighted by Gasteiger charge is 2.13. The van der Waals surface area contributed by atoms with Crippen molar-refractivity contribution in [3.8, 4) is 23.6 Å². The average Bonchev–Trinajstić information content (AvgIpc) is 3.14. The number of ether oxygens (including phenoxy) is 1. The van der Waals surface area contributed by atoms with Crippen molar-refractivity contribution in [2.75, 3.05) is 0 Å². The van der Waals surface area contributed by atoms with E-state index in [4.69, 9.17) is 4.74 Å². The molecule has 166 valence electrons. The minimum atomic E-state index is -0.419. The Bertz CT molecular complexity index is 1450. The molecule has 34 heavy (non-hydrogen) atoms. The van der Waals surface area contributed by atoms with Crippen molar-refractivity contribution >= 4 is 11.6 Å². The van der Waals surface area contributed by atoms with Crippen LogP contribution in [0.25, 0.3) is 17.3 Å². The van der Waals surface area contributed by atoms with Crippen LogP contribution < -0.4 is 4.74 Å². The monoisotopic (exact) mass is 447 g/mol.